The first-order chi connectivity index (χ1) is 9.59. The van der Waals surface area contributed by atoms with E-state index < -0.39 is 23.3 Å². The van der Waals surface area contributed by atoms with E-state index in [4.69, 9.17) is 14.2 Å². The Morgan fingerprint density at radius 2 is 1.95 bits per heavy atom. The average Bonchev–Trinajstić information content (AvgIpc) is 2.39. The Labute approximate surface area is 125 Å². The molecule has 1 aliphatic heterocycles. The van der Waals surface area contributed by atoms with E-state index in [2.05, 4.69) is 5.32 Å². The molecule has 1 saturated heterocycles. The van der Waals surface area contributed by atoms with Crippen LogP contribution in [0.5, 0.6) is 0 Å². The van der Waals surface area contributed by atoms with Gasteiger partial charge in [-0.1, -0.05) is 13.8 Å². The minimum absolute atomic E-state index is 0.294. The van der Waals surface area contributed by atoms with Crippen LogP contribution in [0, 0.1) is 5.41 Å². The number of amides is 1. The van der Waals surface area contributed by atoms with Gasteiger partial charge in [-0.3, -0.25) is 4.79 Å². The second kappa shape index (κ2) is 6.58. The molecule has 0 aliphatic carbocycles. The molecule has 6 heteroatoms. The molecule has 0 spiro atoms. The number of nitrogens with one attached hydrogen (secondary N) is 1. The Balaban J connectivity index is 2.73. The van der Waals surface area contributed by atoms with Crippen molar-refractivity contribution in [2.24, 2.45) is 5.41 Å². The van der Waals surface area contributed by atoms with Crippen molar-refractivity contribution in [2.75, 3.05) is 13.2 Å². The predicted octanol–water partition coefficient (Wildman–Crippen LogP) is 1.75. The molecular formula is C15H25NO5. The lowest BCUT2D eigenvalue weighted by atomic mass is 9.85. The monoisotopic (exact) mass is 299 g/mol. The molecular weight excluding hydrogens is 274 g/mol. The number of rotatable bonds is 4. The van der Waals surface area contributed by atoms with Gasteiger partial charge in [0.05, 0.1) is 18.8 Å². The quantitative estimate of drug-likeness (QED) is 0.632. The minimum Gasteiger partial charge on any atom is -0.463 e. The molecule has 21 heavy (non-hydrogen) atoms. The highest BCUT2D eigenvalue weighted by Gasteiger charge is 2.45. The molecule has 1 fully saturated rings. The van der Waals surface area contributed by atoms with Gasteiger partial charge in [0, 0.05) is 11.6 Å². The zero-order valence-corrected chi connectivity index (χ0v) is 13.6. The fourth-order valence-corrected chi connectivity index (χ4v) is 1.88. The molecule has 0 aromatic carbocycles. The fourth-order valence-electron chi connectivity index (χ4n) is 1.88. The largest absolute Gasteiger partial charge is 0.463 e. The number of carbonyl (C=O) groups is 2. The third kappa shape index (κ3) is 4.82. The maximum Gasteiger partial charge on any atom is 0.335 e. The lowest BCUT2D eigenvalue weighted by Crippen LogP contribution is -2.56. The Kier molecular flexibility index (Phi) is 5.53. The predicted molar refractivity (Wildman–Crippen MR) is 77.2 cm³/mol. The third-order valence-corrected chi connectivity index (χ3v) is 3.17. The van der Waals surface area contributed by atoms with Crippen LogP contribution in [0.15, 0.2) is 11.8 Å². The second-order valence-corrected chi connectivity index (χ2v) is 6.23. The van der Waals surface area contributed by atoms with Crippen LogP contribution < -0.4 is 5.32 Å². The van der Waals surface area contributed by atoms with E-state index in [1.54, 1.807) is 27.7 Å². The van der Waals surface area contributed by atoms with E-state index in [0.717, 1.165) is 0 Å². The molecule has 0 saturated carbocycles. The highest BCUT2D eigenvalue weighted by atomic mass is 16.7. The Hall–Kier alpha value is -1.40. The summed E-state index contributed by atoms with van der Waals surface area (Å²) in [5, 5.41) is 2.60. The van der Waals surface area contributed by atoms with Gasteiger partial charge in [-0.25, -0.2) is 4.79 Å². The van der Waals surface area contributed by atoms with Crippen molar-refractivity contribution in [2.45, 2.75) is 53.4 Å². The molecule has 1 rings (SSSR count). The summed E-state index contributed by atoms with van der Waals surface area (Å²) in [7, 11) is 0. The van der Waals surface area contributed by atoms with E-state index in [1.165, 1.54) is 6.20 Å². The summed E-state index contributed by atoms with van der Waals surface area (Å²) >= 11 is 0. The standard InChI is InChI=1S/C15H25NO5/c1-7-19-13(18)10(2)8-16-12(17)11-14(3,4)9-20-15(5,6)21-11/h8,11H,7,9H2,1-6H3,(H,16,17)/b10-8-/t11-/m0/s1. The Morgan fingerprint density at radius 1 is 1.33 bits per heavy atom. The van der Waals surface area contributed by atoms with Gasteiger partial charge in [0.1, 0.15) is 6.10 Å². The Bertz CT molecular complexity index is 439. The SMILES string of the molecule is CCOC(=O)/C(C)=C\NC(=O)[C@@H]1OC(C)(C)OCC1(C)C. The number of ether oxygens (including phenoxy) is 3. The summed E-state index contributed by atoms with van der Waals surface area (Å²) in [5.74, 6) is -1.57. The van der Waals surface area contributed by atoms with E-state index >= 15 is 0 Å². The molecule has 0 aromatic rings. The van der Waals surface area contributed by atoms with Crippen molar-refractivity contribution in [1.29, 1.82) is 0 Å². The van der Waals surface area contributed by atoms with Crippen molar-refractivity contribution in [3.8, 4) is 0 Å². The molecule has 1 amide bonds. The van der Waals surface area contributed by atoms with Crippen LogP contribution in [0.4, 0.5) is 0 Å². The zero-order chi connectivity index (χ0) is 16.3. The smallest absolute Gasteiger partial charge is 0.335 e. The summed E-state index contributed by atoms with van der Waals surface area (Å²) < 4.78 is 16.1. The van der Waals surface area contributed by atoms with Crippen LogP contribution >= 0.6 is 0 Å². The number of esters is 1. The second-order valence-electron chi connectivity index (χ2n) is 6.23. The summed E-state index contributed by atoms with van der Waals surface area (Å²) in [6, 6.07) is 0. The van der Waals surface area contributed by atoms with Crippen molar-refractivity contribution in [3.05, 3.63) is 11.8 Å². The van der Waals surface area contributed by atoms with Crippen LogP contribution in [-0.2, 0) is 23.8 Å². The van der Waals surface area contributed by atoms with Crippen LogP contribution in [0.2, 0.25) is 0 Å². The van der Waals surface area contributed by atoms with Crippen LogP contribution in [0.25, 0.3) is 0 Å². The van der Waals surface area contributed by atoms with E-state index in [-0.39, 0.29) is 5.91 Å². The minimum atomic E-state index is -0.808. The van der Waals surface area contributed by atoms with E-state index in [0.29, 0.717) is 18.8 Å². The zero-order valence-electron chi connectivity index (χ0n) is 13.6. The van der Waals surface area contributed by atoms with Gasteiger partial charge < -0.3 is 19.5 Å². The summed E-state index contributed by atoms with van der Waals surface area (Å²) in [6.07, 6.45) is 0.690. The van der Waals surface area contributed by atoms with Crippen LogP contribution in [0.1, 0.15) is 41.5 Å². The van der Waals surface area contributed by atoms with Crippen molar-refractivity contribution in [1.82, 2.24) is 5.32 Å². The molecule has 0 bridgehead atoms. The molecule has 0 unspecified atom stereocenters. The van der Waals surface area contributed by atoms with Gasteiger partial charge in [-0.15, -0.1) is 0 Å². The third-order valence-electron chi connectivity index (χ3n) is 3.17. The lowest BCUT2D eigenvalue weighted by Gasteiger charge is -2.44. The maximum atomic E-state index is 12.3. The molecule has 6 nitrogen and oxygen atoms in total. The van der Waals surface area contributed by atoms with Crippen molar-refractivity contribution in [3.63, 3.8) is 0 Å². The Morgan fingerprint density at radius 3 is 2.52 bits per heavy atom. The average molecular weight is 299 g/mol. The molecule has 1 atom stereocenters. The normalized spacial score (nSPS) is 24.3. The van der Waals surface area contributed by atoms with Gasteiger partial charge in [0.25, 0.3) is 5.91 Å². The summed E-state index contributed by atoms with van der Waals surface area (Å²) in [5.41, 5.74) is -0.125. The summed E-state index contributed by atoms with van der Waals surface area (Å²) in [6.45, 7) is 11.3. The van der Waals surface area contributed by atoms with E-state index in [1.807, 2.05) is 13.8 Å². The first kappa shape index (κ1) is 17.7. The highest BCUT2D eigenvalue weighted by Crippen LogP contribution is 2.34. The molecule has 0 aromatic heterocycles. The first-order valence-electron chi connectivity index (χ1n) is 7.05. The van der Waals surface area contributed by atoms with Gasteiger partial charge >= 0.3 is 5.97 Å². The van der Waals surface area contributed by atoms with Gasteiger partial charge in [-0.2, -0.15) is 0 Å². The molecule has 1 heterocycles. The lowest BCUT2D eigenvalue weighted by molar-refractivity contribution is -0.303. The molecule has 0 radical (unpaired) electrons. The highest BCUT2D eigenvalue weighted by molar-refractivity contribution is 5.89. The van der Waals surface area contributed by atoms with Gasteiger partial charge in [0.2, 0.25) is 0 Å². The van der Waals surface area contributed by atoms with Gasteiger partial charge in [0.15, 0.2) is 5.79 Å². The molecule has 1 aliphatic rings. The van der Waals surface area contributed by atoms with E-state index in [9.17, 15) is 9.59 Å². The van der Waals surface area contributed by atoms with Crippen molar-refractivity contribution >= 4 is 11.9 Å². The maximum absolute atomic E-state index is 12.3. The number of hydrogen-bond donors (Lipinski definition) is 1. The summed E-state index contributed by atoms with van der Waals surface area (Å²) in [4.78, 5) is 23.8. The van der Waals surface area contributed by atoms with Crippen LogP contribution in [0.3, 0.4) is 0 Å². The fraction of sp³-hybridized carbons (Fsp3) is 0.733. The first-order valence-corrected chi connectivity index (χ1v) is 7.05. The van der Waals surface area contributed by atoms with Crippen LogP contribution in [-0.4, -0.2) is 37.0 Å². The number of carbonyl (C=O) groups excluding carboxylic acids is 2. The molecule has 120 valence electrons. The molecule has 1 N–H and O–H groups in total. The van der Waals surface area contributed by atoms with Gasteiger partial charge in [-0.05, 0) is 27.7 Å². The number of hydrogen-bond acceptors (Lipinski definition) is 5. The topological polar surface area (TPSA) is 73.9 Å². The van der Waals surface area contributed by atoms with Crippen molar-refractivity contribution < 1.29 is 23.8 Å².